The highest BCUT2D eigenvalue weighted by Gasteiger charge is 2.28. The summed E-state index contributed by atoms with van der Waals surface area (Å²) in [6.07, 6.45) is 5.94. The number of piperidine rings is 2. The Morgan fingerprint density at radius 3 is 2.45 bits per heavy atom. The second-order valence-corrected chi connectivity index (χ2v) is 16.3. The summed E-state index contributed by atoms with van der Waals surface area (Å²) in [5.41, 5.74) is 8.81. The number of benzene rings is 3. The number of hydrogen-bond acceptors (Lipinski definition) is 10. The van der Waals surface area contributed by atoms with Crippen LogP contribution in [-0.4, -0.2) is 66.5 Å². The number of carbonyl (C=O) groups excluding carboxylic acids is 3. The summed E-state index contributed by atoms with van der Waals surface area (Å²) in [6, 6.07) is 21.3. The second-order valence-electron chi connectivity index (χ2n) is 16.3. The Hall–Kier alpha value is -6.28. The molecule has 3 amide bonds. The largest absolute Gasteiger partial charge is 0.374 e. The number of rotatable bonds is 10. The van der Waals surface area contributed by atoms with Crippen molar-refractivity contribution in [3.05, 3.63) is 119 Å². The first-order valence-corrected chi connectivity index (χ1v) is 19.6. The van der Waals surface area contributed by atoms with E-state index in [0.29, 0.717) is 30.1 Å². The zero-order valence-electron chi connectivity index (χ0n) is 33.0. The molecule has 0 unspecified atom stereocenters. The molecule has 0 aliphatic carbocycles. The van der Waals surface area contributed by atoms with E-state index in [1.165, 1.54) is 11.6 Å². The van der Waals surface area contributed by atoms with Crippen molar-refractivity contribution in [3.63, 3.8) is 0 Å². The van der Waals surface area contributed by atoms with E-state index in [9.17, 15) is 14.4 Å². The molecule has 2 saturated heterocycles. The fraction of sp³-hybridized carbons (Fsp3) is 0.341. The third-order valence-corrected chi connectivity index (χ3v) is 11.0. The third kappa shape index (κ3) is 8.37. The third-order valence-electron chi connectivity index (χ3n) is 11.0. The molecule has 13 nitrogen and oxygen atoms in total. The molecule has 3 N–H and O–H groups in total. The molecule has 1 atom stereocenters. The summed E-state index contributed by atoms with van der Waals surface area (Å²) >= 11 is 0. The molecule has 58 heavy (non-hydrogen) atoms. The number of imide groups is 1. The zero-order valence-corrected chi connectivity index (χ0v) is 33.0. The average Bonchev–Trinajstić information content (AvgIpc) is 3.89. The number of likely N-dealkylation sites (tertiary alicyclic amines) is 1. The minimum Gasteiger partial charge on any atom is -0.374 e. The van der Waals surface area contributed by atoms with Crippen LogP contribution in [0.15, 0.2) is 83.8 Å². The number of nitrogens with zero attached hydrogens (tertiary/aromatic N) is 6. The zero-order chi connectivity index (χ0) is 40.6. The standard InChI is InChI=1S/C44H46FN9O4/c1-26-19-30(9-10-31(26)22-46-42(57)40-51-43(58-52-40)44(2,3)4)39-37-20-32(24-54(37)48-25-47-39)28-7-5-27(6-8-28)23-53-17-15-29(16-18-53)34-12-11-33(21-35(34)45)49-36-13-14-38(55)50-41(36)56/h5-12,19-21,24-25,29,36,49H,13-18,22-23H2,1-4H3,(H,46,57)(H,50,55,56)/t36-/m1/s1. The number of aryl methyl sites for hydroxylation is 1. The first kappa shape index (κ1) is 38.6. The van der Waals surface area contributed by atoms with E-state index >= 15 is 4.39 Å². The maximum absolute atomic E-state index is 15.3. The molecule has 6 aromatic rings. The van der Waals surface area contributed by atoms with E-state index in [-0.39, 0.29) is 41.2 Å². The molecule has 8 rings (SSSR count). The lowest BCUT2D eigenvalue weighted by Crippen LogP contribution is -2.47. The van der Waals surface area contributed by atoms with Crippen LogP contribution in [0.5, 0.6) is 0 Å². The van der Waals surface area contributed by atoms with Crippen molar-refractivity contribution in [1.29, 1.82) is 0 Å². The Kier molecular flexibility index (Phi) is 10.6. The molecule has 2 aliphatic rings. The molecule has 2 fully saturated rings. The van der Waals surface area contributed by atoms with E-state index < -0.39 is 11.9 Å². The minimum absolute atomic E-state index is 0.0144. The van der Waals surface area contributed by atoms with Crippen molar-refractivity contribution >= 4 is 28.9 Å². The van der Waals surface area contributed by atoms with Crippen molar-refractivity contribution in [2.75, 3.05) is 18.4 Å². The van der Waals surface area contributed by atoms with Crippen LogP contribution < -0.4 is 16.0 Å². The van der Waals surface area contributed by atoms with Gasteiger partial charge in [-0.3, -0.25) is 24.6 Å². The molecule has 14 heteroatoms. The monoisotopic (exact) mass is 783 g/mol. The van der Waals surface area contributed by atoms with Crippen molar-refractivity contribution in [2.24, 2.45) is 0 Å². The number of amides is 3. The Morgan fingerprint density at radius 2 is 1.74 bits per heavy atom. The van der Waals surface area contributed by atoms with Crippen molar-refractivity contribution < 1.29 is 23.3 Å². The van der Waals surface area contributed by atoms with E-state index in [0.717, 1.165) is 71.5 Å². The number of carbonyl (C=O) groups is 3. The van der Waals surface area contributed by atoms with Crippen LogP contribution in [-0.2, 0) is 28.1 Å². The average molecular weight is 784 g/mol. The number of halogens is 1. The van der Waals surface area contributed by atoms with Gasteiger partial charge in [0.25, 0.3) is 11.7 Å². The van der Waals surface area contributed by atoms with Crippen LogP contribution in [0.1, 0.15) is 91.1 Å². The van der Waals surface area contributed by atoms with E-state index in [4.69, 9.17) is 4.52 Å². The van der Waals surface area contributed by atoms with Gasteiger partial charge in [0.1, 0.15) is 18.2 Å². The highest BCUT2D eigenvalue weighted by molar-refractivity contribution is 6.01. The first-order valence-electron chi connectivity index (χ1n) is 19.6. The number of nitrogens with one attached hydrogen (secondary N) is 3. The summed E-state index contributed by atoms with van der Waals surface area (Å²) < 4.78 is 22.4. The van der Waals surface area contributed by atoms with E-state index in [1.54, 1.807) is 6.33 Å². The van der Waals surface area contributed by atoms with E-state index in [1.807, 2.05) is 62.7 Å². The van der Waals surface area contributed by atoms with Crippen LogP contribution >= 0.6 is 0 Å². The number of aromatic nitrogens is 5. The van der Waals surface area contributed by atoms with Crippen molar-refractivity contribution in [3.8, 4) is 22.4 Å². The fourth-order valence-electron chi connectivity index (χ4n) is 7.67. The van der Waals surface area contributed by atoms with Gasteiger partial charge in [-0.05, 0) is 97.3 Å². The maximum Gasteiger partial charge on any atom is 0.292 e. The van der Waals surface area contributed by atoms with Crippen LogP contribution in [0.3, 0.4) is 0 Å². The summed E-state index contributed by atoms with van der Waals surface area (Å²) in [5, 5.41) is 16.6. The summed E-state index contributed by atoms with van der Waals surface area (Å²) in [4.78, 5) is 47.6. The van der Waals surface area contributed by atoms with Gasteiger partial charge >= 0.3 is 0 Å². The predicted octanol–water partition coefficient (Wildman–Crippen LogP) is 6.72. The molecule has 2 aliphatic heterocycles. The normalized spacial score (nSPS) is 16.7. The molecular weight excluding hydrogens is 738 g/mol. The highest BCUT2D eigenvalue weighted by atomic mass is 19.1. The minimum atomic E-state index is -0.548. The number of hydrogen-bond donors (Lipinski definition) is 3. The molecule has 3 aromatic carbocycles. The van der Waals surface area contributed by atoms with E-state index in [2.05, 4.69) is 77.5 Å². The second kappa shape index (κ2) is 15.9. The Labute approximate surface area is 335 Å². The lowest BCUT2D eigenvalue weighted by atomic mass is 9.88. The molecule has 0 radical (unpaired) electrons. The van der Waals surface area contributed by atoms with Crippen molar-refractivity contribution in [2.45, 2.75) is 83.8 Å². The fourth-order valence-corrected chi connectivity index (χ4v) is 7.67. The Bertz CT molecular complexity index is 2500. The number of anilines is 1. The highest BCUT2D eigenvalue weighted by Crippen LogP contribution is 2.33. The first-order chi connectivity index (χ1) is 27.9. The summed E-state index contributed by atoms with van der Waals surface area (Å²) in [7, 11) is 0. The number of fused-ring (bicyclic) bond motifs is 1. The maximum atomic E-state index is 15.3. The van der Waals surface area contributed by atoms with Gasteiger partial charge < -0.3 is 15.2 Å². The SMILES string of the molecule is Cc1cc(-c2ncnn3cc(-c4ccc(CN5CCC(c6ccc(N[C@@H]7CCC(=O)NC7=O)cc6F)CC5)cc4)cc23)ccc1CNC(=O)c1noc(C(C)(C)C)n1. The Balaban J connectivity index is 0.866. The van der Waals surface area contributed by atoms with Crippen LogP contribution in [0.2, 0.25) is 0 Å². The topological polar surface area (TPSA) is 160 Å². The van der Waals surface area contributed by atoms with Gasteiger partial charge in [-0.1, -0.05) is 68.4 Å². The quantitative estimate of drug-likeness (QED) is 0.127. The molecular formula is C44H46FN9O4. The van der Waals surface area contributed by atoms with Gasteiger partial charge in [0.15, 0.2) is 0 Å². The molecule has 298 valence electrons. The molecule has 3 aromatic heterocycles. The molecule has 5 heterocycles. The van der Waals surface area contributed by atoms with Gasteiger partial charge in [-0.15, -0.1) is 0 Å². The summed E-state index contributed by atoms with van der Waals surface area (Å²) in [6.45, 7) is 10.7. The lowest BCUT2D eigenvalue weighted by molar-refractivity contribution is -0.133. The smallest absolute Gasteiger partial charge is 0.292 e. The van der Waals surface area contributed by atoms with Crippen LogP contribution in [0.4, 0.5) is 10.1 Å². The predicted molar refractivity (Wildman–Crippen MR) is 216 cm³/mol. The van der Waals surface area contributed by atoms with Crippen LogP contribution in [0, 0.1) is 12.7 Å². The van der Waals surface area contributed by atoms with Gasteiger partial charge in [0, 0.05) is 47.9 Å². The van der Waals surface area contributed by atoms with Crippen LogP contribution in [0.25, 0.3) is 27.9 Å². The van der Waals surface area contributed by atoms with Crippen molar-refractivity contribution in [1.82, 2.24) is 40.3 Å². The van der Waals surface area contributed by atoms with Gasteiger partial charge in [0.05, 0.1) is 11.2 Å². The van der Waals surface area contributed by atoms with Gasteiger partial charge in [0.2, 0.25) is 17.7 Å². The Morgan fingerprint density at radius 1 is 0.966 bits per heavy atom. The molecule has 0 saturated carbocycles. The molecule has 0 bridgehead atoms. The molecule has 0 spiro atoms. The summed E-state index contributed by atoms with van der Waals surface area (Å²) in [5.74, 6) is -0.767. The van der Waals surface area contributed by atoms with Gasteiger partial charge in [-0.2, -0.15) is 10.1 Å². The lowest BCUT2D eigenvalue weighted by Gasteiger charge is -2.32. The van der Waals surface area contributed by atoms with Gasteiger partial charge in [-0.25, -0.2) is 13.9 Å².